The summed E-state index contributed by atoms with van der Waals surface area (Å²) in [5.41, 5.74) is 2.85. The summed E-state index contributed by atoms with van der Waals surface area (Å²) < 4.78 is 1.73. The van der Waals surface area contributed by atoms with Crippen molar-refractivity contribution < 1.29 is 5.11 Å². The van der Waals surface area contributed by atoms with E-state index in [4.69, 9.17) is 0 Å². The lowest BCUT2D eigenvalue weighted by molar-refractivity contribution is 0.139. The SMILES string of the molecule is C=Cc1nnn(CC(O)CCc2ccccc2)c1/C=C\C. The van der Waals surface area contributed by atoms with Crippen LogP contribution in [0.1, 0.15) is 30.3 Å². The highest BCUT2D eigenvalue weighted by molar-refractivity contribution is 5.57. The van der Waals surface area contributed by atoms with Crippen LogP contribution in [0.3, 0.4) is 0 Å². The van der Waals surface area contributed by atoms with Gasteiger partial charge in [-0.05, 0) is 37.5 Å². The minimum absolute atomic E-state index is 0.438. The van der Waals surface area contributed by atoms with Crippen molar-refractivity contribution >= 4 is 12.2 Å². The maximum Gasteiger partial charge on any atom is 0.112 e. The lowest BCUT2D eigenvalue weighted by Crippen LogP contribution is -2.18. The van der Waals surface area contributed by atoms with Crippen LogP contribution in [0, 0.1) is 0 Å². The smallest absolute Gasteiger partial charge is 0.112 e. The van der Waals surface area contributed by atoms with Gasteiger partial charge in [-0.3, -0.25) is 0 Å². The summed E-state index contributed by atoms with van der Waals surface area (Å²) in [6.45, 7) is 6.11. The van der Waals surface area contributed by atoms with Crippen molar-refractivity contribution in [3.63, 3.8) is 0 Å². The summed E-state index contributed by atoms with van der Waals surface area (Å²) >= 11 is 0. The summed E-state index contributed by atoms with van der Waals surface area (Å²) in [6.07, 6.45) is 6.63. The Balaban J connectivity index is 1.98. The topological polar surface area (TPSA) is 50.9 Å². The first kappa shape index (κ1) is 15.2. The van der Waals surface area contributed by atoms with Crippen molar-refractivity contribution in [1.82, 2.24) is 15.0 Å². The van der Waals surface area contributed by atoms with Crippen LogP contribution in [0.25, 0.3) is 12.2 Å². The molecule has 0 saturated carbocycles. The number of aryl methyl sites for hydroxylation is 1. The Morgan fingerprint density at radius 3 is 2.76 bits per heavy atom. The van der Waals surface area contributed by atoms with Gasteiger partial charge in [0.2, 0.25) is 0 Å². The van der Waals surface area contributed by atoms with Gasteiger partial charge in [0.25, 0.3) is 0 Å². The van der Waals surface area contributed by atoms with Gasteiger partial charge >= 0.3 is 0 Å². The van der Waals surface area contributed by atoms with Gasteiger partial charge in [-0.15, -0.1) is 5.10 Å². The molecular weight excluding hydrogens is 262 g/mol. The van der Waals surface area contributed by atoms with Gasteiger partial charge in [0.15, 0.2) is 0 Å². The minimum atomic E-state index is -0.450. The fraction of sp³-hybridized carbons (Fsp3) is 0.294. The van der Waals surface area contributed by atoms with Gasteiger partial charge in [-0.25, -0.2) is 4.68 Å². The Kier molecular flexibility index (Phi) is 5.46. The van der Waals surface area contributed by atoms with Crippen LogP contribution in [0.15, 0.2) is 43.0 Å². The maximum atomic E-state index is 10.2. The zero-order chi connectivity index (χ0) is 15.1. The average molecular weight is 283 g/mol. The molecule has 0 bridgehead atoms. The van der Waals surface area contributed by atoms with Crippen LogP contribution in [0.2, 0.25) is 0 Å². The first-order valence-electron chi connectivity index (χ1n) is 7.15. The average Bonchev–Trinajstić information content (AvgIpc) is 2.89. The van der Waals surface area contributed by atoms with E-state index in [-0.39, 0.29) is 0 Å². The van der Waals surface area contributed by atoms with Crippen molar-refractivity contribution in [3.05, 3.63) is 59.9 Å². The number of nitrogens with zero attached hydrogens (tertiary/aromatic N) is 3. The molecule has 0 fully saturated rings. The number of hydrogen-bond donors (Lipinski definition) is 1. The van der Waals surface area contributed by atoms with Gasteiger partial charge in [-0.1, -0.05) is 48.2 Å². The van der Waals surface area contributed by atoms with Gasteiger partial charge in [0.05, 0.1) is 18.3 Å². The maximum absolute atomic E-state index is 10.2. The first-order valence-corrected chi connectivity index (χ1v) is 7.15. The molecule has 0 spiro atoms. The van der Waals surface area contributed by atoms with E-state index in [9.17, 15) is 5.11 Å². The van der Waals surface area contributed by atoms with E-state index >= 15 is 0 Å². The molecule has 0 amide bonds. The van der Waals surface area contributed by atoms with Crippen LogP contribution in [-0.4, -0.2) is 26.2 Å². The van der Waals surface area contributed by atoms with E-state index in [1.54, 1.807) is 10.8 Å². The molecule has 1 heterocycles. The third-order valence-corrected chi connectivity index (χ3v) is 3.31. The number of hydrogen-bond acceptors (Lipinski definition) is 3. The van der Waals surface area contributed by atoms with Gasteiger partial charge in [0.1, 0.15) is 5.69 Å². The predicted molar refractivity (Wildman–Crippen MR) is 85.6 cm³/mol. The molecule has 21 heavy (non-hydrogen) atoms. The van der Waals surface area contributed by atoms with E-state index in [2.05, 4.69) is 29.0 Å². The molecule has 0 radical (unpaired) electrons. The van der Waals surface area contributed by atoms with E-state index in [0.717, 1.165) is 17.8 Å². The standard InChI is InChI=1S/C17H21N3O/c1-3-8-17-16(4-2)18-19-20(17)13-15(21)12-11-14-9-6-5-7-10-14/h3-10,15,21H,2,11-13H2,1H3/b8-3-. The summed E-state index contributed by atoms with van der Waals surface area (Å²) in [6, 6.07) is 10.2. The van der Waals surface area contributed by atoms with Crippen LogP contribution < -0.4 is 0 Å². The fourth-order valence-corrected chi connectivity index (χ4v) is 2.21. The predicted octanol–water partition coefficient (Wildman–Crippen LogP) is 2.95. The normalized spacial score (nSPS) is 12.7. The molecule has 1 atom stereocenters. The summed E-state index contributed by atoms with van der Waals surface area (Å²) in [5, 5.41) is 18.3. The Morgan fingerprint density at radius 1 is 1.33 bits per heavy atom. The lowest BCUT2D eigenvalue weighted by atomic mass is 10.1. The quantitative estimate of drug-likeness (QED) is 0.850. The van der Waals surface area contributed by atoms with Crippen molar-refractivity contribution in [2.75, 3.05) is 0 Å². The highest BCUT2D eigenvalue weighted by atomic mass is 16.3. The number of rotatable bonds is 7. The van der Waals surface area contributed by atoms with E-state index in [1.165, 1.54) is 5.56 Å². The monoisotopic (exact) mass is 283 g/mol. The summed E-state index contributed by atoms with van der Waals surface area (Å²) in [4.78, 5) is 0. The fourth-order valence-electron chi connectivity index (χ4n) is 2.21. The van der Waals surface area contributed by atoms with E-state index < -0.39 is 6.10 Å². The second kappa shape index (κ2) is 7.55. The van der Waals surface area contributed by atoms with Crippen LogP contribution in [0.5, 0.6) is 0 Å². The molecule has 1 unspecified atom stereocenters. The van der Waals surface area contributed by atoms with Crippen molar-refractivity contribution in [1.29, 1.82) is 0 Å². The second-order valence-electron chi connectivity index (χ2n) is 4.92. The zero-order valence-corrected chi connectivity index (χ0v) is 12.3. The first-order chi connectivity index (χ1) is 10.2. The molecule has 1 aromatic heterocycles. The number of aromatic nitrogens is 3. The molecule has 0 aliphatic rings. The molecule has 4 heteroatoms. The largest absolute Gasteiger partial charge is 0.391 e. The summed E-state index contributed by atoms with van der Waals surface area (Å²) in [7, 11) is 0. The highest BCUT2D eigenvalue weighted by Crippen LogP contribution is 2.12. The van der Waals surface area contributed by atoms with Gasteiger partial charge in [0, 0.05) is 0 Å². The Hall–Kier alpha value is -2.20. The zero-order valence-electron chi connectivity index (χ0n) is 12.3. The number of allylic oxidation sites excluding steroid dienone is 1. The molecule has 0 aliphatic carbocycles. The number of aliphatic hydroxyl groups excluding tert-OH is 1. The molecular formula is C17H21N3O. The lowest BCUT2D eigenvalue weighted by Gasteiger charge is -2.11. The van der Waals surface area contributed by atoms with Crippen molar-refractivity contribution in [2.45, 2.75) is 32.4 Å². The van der Waals surface area contributed by atoms with Gasteiger partial charge in [-0.2, -0.15) is 0 Å². The minimum Gasteiger partial charge on any atom is -0.391 e. The highest BCUT2D eigenvalue weighted by Gasteiger charge is 2.12. The third-order valence-electron chi connectivity index (χ3n) is 3.31. The molecule has 2 aromatic rings. The number of benzene rings is 1. The molecule has 110 valence electrons. The van der Waals surface area contributed by atoms with Gasteiger partial charge < -0.3 is 5.11 Å². The second-order valence-corrected chi connectivity index (χ2v) is 4.92. The Labute approximate surface area is 125 Å². The van der Waals surface area contributed by atoms with Crippen LogP contribution in [0.4, 0.5) is 0 Å². The van der Waals surface area contributed by atoms with Crippen molar-refractivity contribution in [2.24, 2.45) is 0 Å². The van der Waals surface area contributed by atoms with Crippen LogP contribution in [-0.2, 0) is 13.0 Å². The Morgan fingerprint density at radius 2 is 2.10 bits per heavy atom. The van der Waals surface area contributed by atoms with Crippen molar-refractivity contribution in [3.8, 4) is 0 Å². The molecule has 0 saturated heterocycles. The van der Waals surface area contributed by atoms with Crippen LogP contribution >= 0.6 is 0 Å². The molecule has 1 N–H and O–H groups in total. The van der Waals surface area contributed by atoms with E-state index in [0.29, 0.717) is 13.0 Å². The summed E-state index contributed by atoms with van der Waals surface area (Å²) in [5.74, 6) is 0. The number of aliphatic hydroxyl groups is 1. The molecule has 0 aliphatic heterocycles. The van der Waals surface area contributed by atoms with E-state index in [1.807, 2.05) is 37.3 Å². The molecule has 1 aromatic carbocycles. The molecule has 2 rings (SSSR count). The Bertz CT molecular complexity index is 602. The molecule has 4 nitrogen and oxygen atoms in total. The third kappa shape index (κ3) is 4.13.